The molecule has 2 heterocycles. The third kappa shape index (κ3) is 3.41. The molecular formula is C11H13ClN4O2. The number of ether oxygens (including phenoxy) is 1. The largest absolute Gasteiger partial charge is 0.377 e. The summed E-state index contributed by atoms with van der Waals surface area (Å²) < 4.78 is 9.94. The third-order valence-corrected chi connectivity index (χ3v) is 2.34. The maximum Gasteiger partial charge on any atom is 0.158 e. The van der Waals surface area contributed by atoms with E-state index in [4.69, 9.17) is 20.9 Å². The monoisotopic (exact) mass is 268 g/mol. The molecule has 0 spiro atoms. The van der Waals surface area contributed by atoms with Crippen molar-refractivity contribution in [2.75, 3.05) is 12.4 Å². The van der Waals surface area contributed by atoms with Gasteiger partial charge in [0.25, 0.3) is 0 Å². The Bertz CT molecular complexity index is 530. The van der Waals surface area contributed by atoms with E-state index in [1.165, 1.54) is 0 Å². The highest BCUT2D eigenvalue weighted by atomic mass is 35.5. The SMILES string of the molecule is COCc1nc(Cl)cc(NCc2cc(C)on2)n1. The molecule has 96 valence electrons. The number of aryl methyl sites for hydroxylation is 1. The van der Waals surface area contributed by atoms with Gasteiger partial charge in [0, 0.05) is 19.2 Å². The molecule has 0 aliphatic heterocycles. The molecule has 0 saturated carbocycles. The van der Waals surface area contributed by atoms with E-state index < -0.39 is 0 Å². The number of anilines is 1. The van der Waals surface area contributed by atoms with Crippen LogP contribution in [0.5, 0.6) is 0 Å². The summed E-state index contributed by atoms with van der Waals surface area (Å²) in [6.07, 6.45) is 0. The number of halogens is 1. The van der Waals surface area contributed by atoms with Gasteiger partial charge < -0.3 is 14.6 Å². The van der Waals surface area contributed by atoms with Crippen molar-refractivity contribution in [1.29, 1.82) is 0 Å². The fraction of sp³-hybridized carbons (Fsp3) is 0.364. The normalized spacial score (nSPS) is 10.6. The Labute approximate surface area is 109 Å². The molecule has 0 saturated heterocycles. The lowest BCUT2D eigenvalue weighted by Crippen LogP contribution is -2.05. The molecule has 0 aliphatic carbocycles. The number of rotatable bonds is 5. The van der Waals surface area contributed by atoms with Gasteiger partial charge in [0.1, 0.15) is 29.0 Å². The highest BCUT2D eigenvalue weighted by Crippen LogP contribution is 2.13. The molecule has 2 aromatic heterocycles. The van der Waals surface area contributed by atoms with Gasteiger partial charge in [0.2, 0.25) is 0 Å². The Kier molecular flexibility index (Phi) is 4.11. The summed E-state index contributed by atoms with van der Waals surface area (Å²) in [6, 6.07) is 3.50. The minimum Gasteiger partial charge on any atom is -0.377 e. The fourth-order valence-electron chi connectivity index (χ4n) is 1.43. The van der Waals surface area contributed by atoms with Crippen LogP contribution in [-0.4, -0.2) is 22.2 Å². The van der Waals surface area contributed by atoms with E-state index in [1.807, 2.05) is 13.0 Å². The second-order valence-electron chi connectivity index (χ2n) is 3.71. The second kappa shape index (κ2) is 5.79. The summed E-state index contributed by atoms with van der Waals surface area (Å²) in [5.74, 6) is 1.93. The molecule has 0 amide bonds. The lowest BCUT2D eigenvalue weighted by atomic mass is 10.4. The van der Waals surface area contributed by atoms with Gasteiger partial charge in [-0.3, -0.25) is 0 Å². The van der Waals surface area contributed by atoms with Crippen molar-refractivity contribution in [2.24, 2.45) is 0 Å². The Hall–Kier alpha value is -1.66. The number of nitrogens with one attached hydrogen (secondary N) is 1. The summed E-state index contributed by atoms with van der Waals surface area (Å²) in [6.45, 7) is 2.67. The van der Waals surface area contributed by atoms with Gasteiger partial charge in [-0.25, -0.2) is 9.97 Å². The zero-order valence-electron chi connectivity index (χ0n) is 10.1. The standard InChI is InChI=1S/C11H13ClN4O2/c1-7-3-8(16-18-7)5-13-10-4-9(12)14-11(15-10)6-17-2/h3-4H,5-6H2,1-2H3,(H,13,14,15). The molecule has 0 aromatic carbocycles. The van der Waals surface area contributed by atoms with Gasteiger partial charge in [-0.05, 0) is 6.92 Å². The van der Waals surface area contributed by atoms with E-state index >= 15 is 0 Å². The fourth-order valence-corrected chi connectivity index (χ4v) is 1.63. The van der Waals surface area contributed by atoms with E-state index in [9.17, 15) is 0 Å². The lowest BCUT2D eigenvalue weighted by Gasteiger charge is -2.05. The summed E-state index contributed by atoms with van der Waals surface area (Å²) >= 11 is 5.89. The van der Waals surface area contributed by atoms with Gasteiger partial charge in [-0.1, -0.05) is 16.8 Å². The van der Waals surface area contributed by atoms with Crippen LogP contribution in [0.25, 0.3) is 0 Å². The summed E-state index contributed by atoms with van der Waals surface area (Å²) in [7, 11) is 1.58. The first kappa shape index (κ1) is 12.8. The Balaban J connectivity index is 2.04. The first-order chi connectivity index (χ1) is 8.67. The molecule has 0 atom stereocenters. The number of methoxy groups -OCH3 is 1. The Morgan fingerprint density at radius 2 is 2.22 bits per heavy atom. The molecule has 0 fully saturated rings. The van der Waals surface area contributed by atoms with Crippen LogP contribution >= 0.6 is 11.6 Å². The molecule has 2 aromatic rings. The van der Waals surface area contributed by atoms with Crippen molar-refractivity contribution in [3.05, 3.63) is 34.6 Å². The van der Waals surface area contributed by atoms with Crippen molar-refractivity contribution >= 4 is 17.4 Å². The number of hydrogen-bond donors (Lipinski definition) is 1. The molecule has 18 heavy (non-hydrogen) atoms. The molecule has 6 nitrogen and oxygen atoms in total. The topological polar surface area (TPSA) is 73.1 Å². The molecule has 7 heteroatoms. The van der Waals surface area contributed by atoms with E-state index in [-0.39, 0.29) is 0 Å². The summed E-state index contributed by atoms with van der Waals surface area (Å²) in [5, 5.41) is 7.34. The zero-order chi connectivity index (χ0) is 13.0. The van der Waals surface area contributed by atoms with E-state index in [2.05, 4.69) is 20.4 Å². The highest BCUT2D eigenvalue weighted by molar-refractivity contribution is 6.29. The van der Waals surface area contributed by atoms with Crippen LogP contribution in [0.2, 0.25) is 5.15 Å². The lowest BCUT2D eigenvalue weighted by molar-refractivity contribution is 0.178. The zero-order valence-corrected chi connectivity index (χ0v) is 10.9. The van der Waals surface area contributed by atoms with Crippen LogP contribution in [0.4, 0.5) is 5.82 Å². The maximum atomic E-state index is 5.89. The van der Waals surface area contributed by atoms with Gasteiger partial charge in [0.05, 0.1) is 6.54 Å². The predicted octanol–water partition coefficient (Wildman–Crippen LogP) is 2.18. The van der Waals surface area contributed by atoms with Gasteiger partial charge in [-0.15, -0.1) is 0 Å². The molecule has 2 rings (SSSR count). The van der Waals surface area contributed by atoms with E-state index in [1.54, 1.807) is 13.2 Å². The highest BCUT2D eigenvalue weighted by Gasteiger charge is 2.05. The van der Waals surface area contributed by atoms with Crippen molar-refractivity contribution in [2.45, 2.75) is 20.1 Å². The second-order valence-corrected chi connectivity index (χ2v) is 4.09. The molecule has 0 aliphatic rings. The minimum absolute atomic E-state index is 0.318. The smallest absolute Gasteiger partial charge is 0.158 e. The summed E-state index contributed by atoms with van der Waals surface area (Å²) in [5.41, 5.74) is 0.801. The third-order valence-electron chi connectivity index (χ3n) is 2.14. The minimum atomic E-state index is 0.318. The molecule has 1 N–H and O–H groups in total. The van der Waals surface area contributed by atoms with Crippen molar-refractivity contribution in [1.82, 2.24) is 15.1 Å². The number of aromatic nitrogens is 3. The van der Waals surface area contributed by atoms with Gasteiger partial charge in [0.15, 0.2) is 5.82 Å². The van der Waals surface area contributed by atoms with Crippen LogP contribution in [0, 0.1) is 6.92 Å². The van der Waals surface area contributed by atoms with Gasteiger partial charge in [-0.2, -0.15) is 0 Å². The molecular weight excluding hydrogens is 256 g/mol. The average Bonchev–Trinajstić information content (AvgIpc) is 2.72. The Morgan fingerprint density at radius 1 is 1.39 bits per heavy atom. The molecule has 0 bridgehead atoms. The van der Waals surface area contributed by atoms with Crippen LogP contribution in [0.3, 0.4) is 0 Å². The van der Waals surface area contributed by atoms with E-state index in [0.717, 1.165) is 11.5 Å². The maximum absolute atomic E-state index is 5.89. The first-order valence-electron chi connectivity index (χ1n) is 5.36. The number of nitrogens with zero attached hydrogens (tertiary/aromatic N) is 3. The Morgan fingerprint density at radius 3 is 2.89 bits per heavy atom. The quantitative estimate of drug-likeness (QED) is 0.838. The molecule has 0 radical (unpaired) electrons. The number of hydrogen-bond acceptors (Lipinski definition) is 6. The van der Waals surface area contributed by atoms with Crippen LogP contribution in [0.15, 0.2) is 16.7 Å². The van der Waals surface area contributed by atoms with Crippen LogP contribution in [0.1, 0.15) is 17.3 Å². The van der Waals surface area contributed by atoms with Crippen molar-refractivity contribution < 1.29 is 9.26 Å². The van der Waals surface area contributed by atoms with Crippen molar-refractivity contribution in [3.63, 3.8) is 0 Å². The van der Waals surface area contributed by atoms with Gasteiger partial charge >= 0.3 is 0 Å². The van der Waals surface area contributed by atoms with Crippen LogP contribution < -0.4 is 5.32 Å². The predicted molar refractivity (Wildman–Crippen MR) is 66.3 cm³/mol. The first-order valence-corrected chi connectivity index (χ1v) is 5.73. The molecule has 0 unspecified atom stereocenters. The summed E-state index contributed by atoms with van der Waals surface area (Å²) in [4.78, 5) is 8.29. The van der Waals surface area contributed by atoms with E-state index in [0.29, 0.717) is 29.9 Å². The van der Waals surface area contributed by atoms with Crippen LogP contribution in [-0.2, 0) is 17.9 Å². The van der Waals surface area contributed by atoms with Crippen molar-refractivity contribution in [3.8, 4) is 0 Å². The average molecular weight is 269 g/mol.